The fraction of sp³-hybridized carbons (Fsp3) is 0.474. The van der Waals surface area contributed by atoms with Crippen molar-refractivity contribution in [1.29, 1.82) is 0 Å². The lowest BCUT2D eigenvalue weighted by atomic mass is 10.0. The molecule has 0 N–H and O–H groups in total. The molecule has 0 saturated carbocycles. The van der Waals surface area contributed by atoms with Crippen molar-refractivity contribution in [2.75, 3.05) is 20.1 Å². The molecule has 3 rings (SSSR count). The molecule has 0 radical (unpaired) electrons. The van der Waals surface area contributed by atoms with Gasteiger partial charge in [0.15, 0.2) is 0 Å². The van der Waals surface area contributed by atoms with Crippen LogP contribution in [0.1, 0.15) is 36.5 Å². The van der Waals surface area contributed by atoms with E-state index in [1.807, 2.05) is 49.1 Å². The number of nitrogens with zero attached hydrogens (tertiary/aromatic N) is 3. The van der Waals surface area contributed by atoms with Gasteiger partial charge in [-0.1, -0.05) is 25.8 Å². The molecule has 1 saturated heterocycles. The van der Waals surface area contributed by atoms with Gasteiger partial charge in [0.05, 0.1) is 0 Å². The highest BCUT2D eigenvalue weighted by Gasteiger charge is 2.36. The van der Waals surface area contributed by atoms with Crippen LogP contribution in [0.4, 0.5) is 0 Å². The highest BCUT2D eigenvalue weighted by atomic mass is 16.2. The van der Waals surface area contributed by atoms with Gasteiger partial charge in [0.1, 0.15) is 6.04 Å². The summed E-state index contributed by atoms with van der Waals surface area (Å²) in [4.78, 5) is 29.3. The van der Waals surface area contributed by atoms with Crippen molar-refractivity contribution < 1.29 is 9.59 Å². The zero-order valence-electron chi connectivity index (χ0n) is 14.7. The average Bonchev–Trinajstić information content (AvgIpc) is 2.97. The first-order valence-electron chi connectivity index (χ1n) is 8.64. The second-order valence-electron chi connectivity index (χ2n) is 6.58. The fourth-order valence-corrected chi connectivity index (χ4v) is 3.47. The molecule has 1 aliphatic heterocycles. The molecular weight excluding hydrogens is 302 g/mol. The second kappa shape index (κ2) is 6.67. The smallest absolute Gasteiger partial charge is 0.255 e. The molecule has 1 aliphatic rings. The van der Waals surface area contributed by atoms with Gasteiger partial charge in [-0.15, -0.1) is 0 Å². The van der Waals surface area contributed by atoms with Gasteiger partial charge in [0, 0.05) is 49.8 Å². The molecule has 1 aromatic carbocycles. The van der Waals surface area contributed by atoms with Gasteiger partial charge >= 0.3 is 0 Å². The summed E-state index contributed by atoms with van der Waals surface area (Å²) in [6, 6.07) is 7.42. The minimum absolute atomic E-state index is 0.0330. The summed E-state index contributed by atoms with van der Waals surface area (Å²) in [6.07, 6.45) is 4.66. The van der Waals surface area contributed by atoms with E-state index in [1.54, 1.807) is 9.80 Å². The van der Waals surface area contributed by atoms with Gasteiger partial charge in [0.25, 0.3) is 5.91 Å². The predicted molar refractivity (Wildman–Crippen MR) is 94.9 cm³/mol. The number of rotatable bonds is 4. The first-order valence-corrected chi connectivity index (χ1v) is 8.64. The number of carbonyl (C=O) groups excluding carboxylic acids is 2. The molecule has 1 fully saturated rings. The summed E-state index contributed by atoms with van der Waals surface area (Å²) in [5.74, 6) is 0.0256. The summed E-state index contributed by atoms with van der Waals surface area (Å²) in [7, 11) is 3.79. The van der Waals surface area contributed by atoms with Crippen LogP contribution < -0.4 is 0 Å². The summed E-state index contributed by atoms with van der Waals surface area (Å²) in [5.41, 5.74) is 1.72. The van der Waals surface area contributed by atoms with Crippen LogP contribution in [0.5, 0.6) is 0 Å². The SMILES string of the molecule is CCCC[C@H]1C(=O)N(C)CCN1C(=O)c1cccc2c1ccn2C. The third-order valence-corrected chi connectivity index (χ3v) is 4.96. The molecule has 2 aromatic rings. The van der Waals surface area contributed by atoms with E-state index in [0.717, 1.165) is 30.2 Å². The molecule has 128 valence electrons. The maximum Gasteiger partial charge on any atom is 0.255 e. The van der Waals surface area contributed by atoms with Crippen molar-refractivity contribution in [2.45, 2.75) is 32.2 Å². The monoisotopic (exact) mass is 327 g/mol. The average molecular weight is 327 g/mol. The molecule has 0 spiro atoms. The maximum atomic E-state index is 13.2. The molecule has 1 atom stereocenters. The predicted octanol–water partition coefficient (Wildman–Crippen LogP) is 2.65. The highest BCUT2D eigenvalue weighted by molar-refractivity contribution is 6.08. The number of fused-ring (bicyclic) bond motifs is 1. The quantitative estimate of drug-likeness (QED) is 0.866. The number of unbranched alkanes of at least 4 members (excludes halogenated alkanes) is 1. The van der Waals surface area contributed by atoms with Crippen molar-refractivity contribution in [3.05, 3.63) is 36.0 Å². The molecule has 1 aromatic heterocycles. The number of benzene rings is 1. The normalized spacial score (nSPS) is 18.5. The Morgan fingerprint density at radius 2 is 2.00 bits per heavy atom. The number of hydrogen-bond donors (Lipinski definition) is 0. The van der Waals surface area contributed by atoms with Gasteiger partial charge in [-0.2, -0.15) is 0 Å². The molecule has 2 heterocycles. The third kappa shape index (κ3) is 2.79. The van der Waals surface area contributed by atoms with E-state index in [4.69, 9.17) is 0 Å². The summed E-state index contributed by atoms with van der Waals surface area (Å²) in [6.45, 7) is 3.30. The van der Waals surface area contributed by atoms with Crippen LogP contribution in [0, 0.1) is 0 Å². The Kier molecular flexibility index (Phi) is 4.60. The lowest BCUT2D eigenvalue weighted by molar-refractivity contribution is -0.138. The van der Waals surface area contributed by atoms with Gasteiger partial charge in [-0.3, -0.25) is 9.59 Å². The van der Waals surface area contributed by atoms with E-state index in [2.05, 4.69) is 6.92 Å². The lowest BCUT2D eigenvalue weighted by Gasteiger charge is -2.39. The number of aromatic nitrogens is 1. The van der Waals surface area contributed by atoms with E-state index in [1.165, 1.54) is 0 Å². The first kappa shape index (κ1) is 16.6. The number of likely N-dealkylation sites (N-methyl/N-ethyl adjacent to an activating group) is 1. The topological polar surface area (TPSA) is 45.6 Å². The molecule has 0 unspecified atom stereocenters. The number of piperazine rings is 1. The Labute approximate surface area is 142 Å². The van der Waals surface area contributed by atoms with Crippen LogP contribution in [0.15, 0.2) is 30.5 Å². The van der Waals surface area contributed by atoms with Crippen LogP contribution in [0.25, 0.3) is 10.9 Å². The minimum Gasteiger partial charge on any atom is -0.351 e. The van der Waals surface area contributed by atoms with E-state index >= 15 is 0 Å². The highest BCUT2D eigenvalue weighted by Crippen LogP contribution is 2.24. The van der Waals surface area contributed by atoms with Gasteiger partial charge in [0.2, 0.25) is 5.91 Å². The number of carbonyl (C=O) groups is 2. The Balaban J connectivity index is 1.95. The van der Waals surface area contributed by atoms with Crippen molar-refractivity contribution in [1.82, 2.24) is 14.4 Å². The van der Waals surface area contributed by atoms with Crippen molar-refractivity contribution in [3.8, 4) is 0 Å². The van der Waals surface area contributed by atoms with Crippen molar-refractivity contribution in [3.63, 3.8) is 0 Å². The molecular formula is C19H25N3O2. The van der Waals surface area contributed by atoms with Crippen LogP contribution >= 0.6 is 0 Å². The van der Waals surface area contributed by atoms with Crippen LogP contribution in [0.3, 0.4) is 0 Å². The minimum atomic E-state index is -0.338. The summed E-state index contributed by atoms with van der Waals surface area (Å²) < 4.78 is 2.01. The van der Waals surface area contributed by atoms with Gasteiger partial charge in [-0.25, -0.2) is 0 Å². The lowest BCUT2D eigenvalue weighted by Crippen LogP contribution is -2.57. The summed E-state index contributed by atoms with van der Waals surface area (Å²) in [5, 5.41) is 0.950. The Morgan fingerprint density at radius 1 is 1.21 bits per heavy atom. The maximum absolute atomic E-state index is 13.2. The zero-order valence-corrected chi connectivity index (χ0v) is 14.7. The number of aryl methyl sites for hydroxylation is 1. The molecule has 24 heavy (non-hydrogen) atoms. The fourth-order valence-electron chi connectivity index (χ4n) is 3.47. The Bertz CT molecular complexity index is 765. The van der Waals surface area contributed by atoms with E-state index in [0.29, 0.717) is 18.7 Å². The van der Waals surface area contributed by atoms with Crippen LogP contribution in [0.2, 0.25) is 0 Å². The summed E-state index contributed by atoms with van der Waals surface area (Å²) >= 11 is 0. The van der Waals surface area contributed by atoms with E-state index in [9.17, 15) is 9.59 Å². The molecule has 5 heteroatoms. The second-order valence-corrected chi connectivity index (χ2v) is 6.58. The molecule has 0 aliphatic carbocycles. The Hall–Kier alpha value is -2.30. The van der Waals surface area contributed by atoms with Gasteiger partial charge in [-0.05, 0) is 24.6 Å². The van der Waals surface area contributed by atoms with Crippen molar-refractivity contribution in [2.24, 2.45) is 7.05 Å². The molecule has 2 amide bonds. The van der Waals surface area contributed by atoms with E-state index in [-0.39, 0.29) is 17.9 Å². The zero-order chi connectivity index (χ0) is 17.3. The van der Waals surface area contributed by atoms with Crippen molar-refractivity contribution >= 4 is 22.7 Å². The van der Waals surface area contributed by atoms with Crippen LogP contribution in [-0.4, -0.2) is 52.4 Å². The number of hydrogen-bond acceptors (Lipinski definition) is 2. The number of amides is 2. The van der Waals surface area contributed by atoms with E-state index < -0.39 is 0 Å². The van der Waals surface area contributed by atoms with Crippen LogP contribution in [-0.2, 0) is 11.8 Å². The third-order valence-electron chi connectivity index (χ3n) is 4.96. The van der Waals surface area contributed by atoms with Gasteiger partial charge < -0.3 is 14.4 Å². The molecule has 0 bridgehead atoms. The Morgan fingerprint density at radius 3 is 2.75 bits per heavy atom. The first-order chi connectivity index (χ1) is 11.5. The standard InChI is InChI=1S/C19H25N3O2/c1-4-5-8-17-19(24)21(3)12-13-22(17)18(23)15-7-6-9-16-14(15)10-11-20(16)2/h6-7,9-11,17H,4-5,8,12-13H2,1-3H3/t17-/m0/s1. The largest absolute Gasteiger partial charge is 0.351 e. The molecule has 5 nitrogen and oxygen atoms in total.